The van der Waals surface area contributed by atoms with Gasteiger partial charge in [0.2, 0.25) is 10.0 Å². The maximum atomic E-state index is 12.1. The fourth-order valence-corrected chi connectivity index (χ4v) is 4.36. The van der Waals surface area contributed by atoms with Gasteiger partial charge in [0.15, 0.2) is 0 Å². The summed E-state index contributed by atoms with van der Waals surface area (Å²) in [5, 5.41) is 9.20. The minimum Gasteiger partial charge on any atom is -0.460 e. The minimum absolute atomic E-state index is 0.0723. The number of likely N-dealkylation sites (tertiary alicyclic amines) is 1. The number of nitrogens with zero attached hydrogens (tertiary/aromatic N) is 1. The van der Waals surface area contributed by atoms with Crippen molar-refractivity contribution in [1.29, 1.82) is 0 Å². The molecular weight excluding hydrogens is 352 g/mol. The summed E-state index contributed by atoms with van der Waals surface area (Å²) in [4.78, 5) is 25.2. The van der Waals surface area contributed by atoms with Gasteiger partial charge in [-0.3, -0.25) is 4.79 Å². The molecule has 0 aromatic carbocycles. The molecule has 0 aromatic heterocycles. The number of sulfonamides is 1. The quantitative estimate of drug-likeness (QED) is 0.637. The van der Waals surface area contributed by atoms with Crippen LogP contribution < -0.4 is 4.72 Å². The lowest BCUT2D eigenvalue weighted by Crippen LogP contribution is -2.63. The SMILES string of the molecule is C[C@H](O)CNS(=O)(=O)CC1OC(=O)CC12CN(C(=O)OC(C)(C)C)C2. The molecule has 25 heavy (non-hydrogen) atoms. The molecule has 1 unspecified atom stereocenters. The smallest absolute Gasteiger partial charge is 0.410 e. The molecule has 0 saturated carbocycles. The fourth-order valence-electron chi connectivity index (χ4n) is 2.93. The van der Waals surface area contributed by atoms with E-state index >= 15 is 0 Å². The number of hydrogen-bond donors (Lipinski definition) is 2. The Labute approximate surface area is 147 Å². The number of aliphatic hydroxyl groups is 1. The number of carbonyl (C=O) groups is 2. The van der Waals surface area contributed by atoms with Crippen LogP contribution in [0.4, 0.5) is 4.79 Å². The van der Waals surface area contributed by atoms with E-state index in [1.54, 1.807) is 20.8 Å². The highest BCUT2D eigenvalue weighted by molar-refractivity contribution is 7.89. The Kier molecular flexibility index (Phi) is 5.36. The van der Waals surface area contributed by atoms with Crippen molar-refractivity contribution < 1.29 is 32.6 Å². The number of carbonyl (C=O) groups excluding carboxylic acids is 2. The molecule has 0 bridgehead atoms. The average molecular weight is 378 g/mol. The normalized spacial score (nSPS) is 24.0. The summed E-state index contributed by atoms with van der Waals surface area (Å²) in [7, 11) is -3.72. The van der Waals surface area contributed by atoms with Crippen LogP contribution >= 0.6 is 0 Å². The fraction of sp³-hybridized carbons (Fsp3) is 0.867. The molecular formula is C15H26N2O7S. The summed E-state index contributed by atoms with van der Waals surface area (Å²) in [5.41, 5.74) is -1.33. The summed E-state index contributed by atoms with van der Waals surface area (Å²) < 4.78 is 37.0. The topological polar surface area (TPSA) is 122 Å². The first-order valence-corrected chi connectivity index (χ1v) is 9.80. The summed E-state index contributed by atoms with van der Waals surface area (Å²) in [6, 6.07) is 0. The van der Waals surface area contributed by atoms with Crippen LogP contribution in [-0.2, 0) is 24.3 Å². The van der Waals surface area contributed by atoms with Crippen LogP contribution in [0.5, 0.6) is 0 Å². The van der Waals surface area contributed by atoms with E-state index in [0.29, 0.717) is 0 Å². The number of cyclic esters (lactones) is 1. The molecule has 2 rings (SSSR count). The third-order valence-electron chi connectivity index (χ3n) is 4.09. The van der Waals surface area contributed by atoms with E-state index < -0.39 is 51.1 Å². The third-order valence-corrected chi connectivity index (χ3v) is 5.43. The largest absolute Gasteiger partial charge is 0.460 e. The second-order valence-corrected chi connectivity index (χ2v) is 9.68. The van der Waals surface area contributed by atoms with Gasteiger partial charge >= 0.3 is 12.1 Å². The van der Waals surface area contributed by atoms with E-state index in [9.17, 15) is 23.1 Å². The Bertz CT molecular complexity index is 633. The Morgan fingerprint density at radius 2 is 2.08 bits per heavy atom. The van der Waals surface area contributed by atoms with E-state index in [0.717, 1.165) is 0 Å². The second kappa shape index (κ2) is 6.73. The number of nitrogens with one attached hydrogen (secondary N) is 1. The number of ether oxygens (including phenoxy) is 2. The van der Waals surface area contributed by atoms with E-state index in [-0.39, 0.29) is 26.1 Å². The summed E-state index contributed by atoms with van der Waals surface area (Å²) in [5.74, 6) is -0.868. The van der Waals surface area contributed by atoms with Gasteiger partial charge in [0.05, 0.1) is 17.9 Å². The molecule has 1 amide bonds. The van der Waals surface area contributed by atoms with Gasteiger partial charge in [-0.25, -0.2) is 17.9 Å². The predicted octanol–water partition coefficient (Wildman–Crippen LogP) is -0.161. The zero-order valence-electron chi connectivity index (χ0n) is 14.9. The van der Waals surface area contributed by atoms with Crippen LogP contribution in [0.2, 0.25) is 0 Å². The van der Waals surface area contributed by atoms with E-state index in [2.05, 4.69) is 4.72 Å². The Morgan fingerprint density at radius 1 is 1.48 bits per heavy atom. The van der Waals surface area contributed by atoms with Gasteiger partial charge in [0, 0.05) is 19.6 Å². The number of rotatable bonds is 5. The molecule has 2 saturated heterocycles. The van der Waals surface area contributed by atoms with Crippen molar-refractivity contribution in [3.05, 3.63) is 0 Å². The Hall–Kier alpha value is -1.39. The van der Waals surface area contributed by atoms with E-state index in [1.807, 2.05) is 0 Å². The highest BCUT2D eigenvalue weighted by atomic mass is 32.2. The highest BCUT2D eigenvalue weighted by Gasteiger charge is 2.59. The van der Waals surface area contributed by atoms with Crippen molar-refractivity contribution in [3.63, 3.8) is 0 Å². The first-order valence-electron chi connectivity index (χ1n) is 8.15. The maximum absolute atomic E-state index is 12.1. The molecule has 2 heterocycles. The van der Waals surface area contributed by atoms with E-state index in [4.69, 9.17) is 9.47 Å². The van der Waals surface area contributed by atoms with Gasteiger partial charge in [-0.15, -0.1) is 0 Å². The summed E-state index contributed by atoms with van der Waals surface area (Å²) in [6.45, 7) is 7.04. The molecule has 2 aliphatic heterocycles. The first kappa shape index (κ1) is 19.9. The van der Waals surface area contributed by atoms with Crippen molar-refractivity contribution in [2.75, 3.05) is 25.4 Å². The van der Waals surface area contributed by atoms with Crippen LogP contribution in [0, 0.1) is 5.41 Å². The zero-order chi connectivity index (χ0) is 19.0. The molecule has 1 spiro atoms. The van der Waals surface area contributed by atoms with Gasteiger partial charge in [0.1, 0.15) is 17.5 Å². The van der Waals surface area contributed by atoms with Gasteiger partial charge in [-0.1, -0.05) is 0 Å². The molecule has 144 valence electrons. The lowest BCUT2D eigenvalue weighted by Gasteiger charge is -2.48. The van der Waals surface area contributed by atoms with Crippen molar-refractivity contribution >= 4 is 22.1 Å². The molecule has 2 aliphatic rings. The number of amides is 1. The molecule has 2 N–H and O–H groups in total. The monoisotopic (exact) mass is 378 g/mol. The Morgan fingerprint density at radius 3 is 2.60 bits per heavy atom. The predicted molar refractivity (Wildman–Crippen MR) is 88.2 cm³/mol. The van der Waals surface area contributed by atoms with Crippen LogP contribution in [-0.4, -0.2) is 73.7 Å². The second-order valence-electron chi connectivity index (χ2n) is 7.83. The maximum Gasteiger partial charge on any atom is 0.410 e. The lowest BCUT2D eigenvalue weighted by molar-refractivity contribution is -0.141. The standard InChI is InChI=1S/C15H26N2O7S/c1-10(18)6-16-25(21,22)7-11-15(5-12(19)23-11)8-17(9-15)13(20)24-14(2,3)4/h10-11,16,18H,5-9H2,1-4H3/t10-,11?/m0/s1. The molecule has 0 radical (unpaired) electrons. The minimum atomic E-state index is -3.72. The lowest BCUT2D eigenvalue weighted by atomic mass is 9.74. The van der Waals surface area contributed by atoms with Gasteiger partial charge in [-0.2, -0.15) is 0 Å². The van der Waals surface area contributed by atoms with Crippen molar-refractivity contribution in [2.45, 2.75) is 51.9 Å². The number of esters is 1. The summed E-state index contributed by atoms with van der Waals surface area (Å²) >= 11 is 0. The highest BCUT2D eigenvalue weighted by Crippen LogP contribution is 2.44. The number of hydrogen-bond acceptors (Lipinski definition) is 7. The molecule has 0 aliphatic carbocycles. The van der Waals surface area contributed by atoms with Crippen molar-refractivity contribution in [3.8, 4) is 0 Å². The molecule has 9 nitrogen and oxygen atoms in total. The van der Waals surface area contributed by atoms with Gasteiger partial charge < -0.3 is 19.5 Å². The Balaban J connectivity index is 1.99. The molecule has 2 fully saturated rings. The van der Waals surface area contributed by atoms with Gasteiger partial charge in [-0.05, 0) is 27.7 Å². The average Bonchev–Trinajstić information content (AvgIpc) is 2.68. The third kappa shape index (κ3) is 5.05. The zero-order valence-corrected chi connectivity index (χ0v) is 15.8. The molecule has 2 atom stereocenters. The van der Waals surface area contributed by atoms with Crippen molar-refractivity contribution in [2.24, 2.45) is 5.41 Å². The molecule has 0 aromatic rings. The van der Waals surface area contributed by atoms with Gasteiger partial charge in [0.25, 0.3) is 0 Å². The molecule has 10 heteroatoms. The van der Waals surface area contributed by atoms with Crippen molar-refractivity contribution in [1.82, 2.24) is 9.62 Å². The summed E-state index contributed by atoms with van der Waals surface area (Å²) in [6.07, 6.45) is -2.07. The van der Waals surface area contributed by atoms with Crippen LogP contribution in [0.15, 0.2) is 0 Å². The van der Waals surface area contributed by atoms with Crippen LogP contribution in [0.25, 0.3) is 0 Å². The number of aliphatic hydroxyl groups excluding tert-OH is 1. The van der Waals surface area contributed by atoms with Crippen LogP contribution in [0.1, 0.15) is 34.1 Å². The first-order chi connectivity index (χ1) is 11.3. The van der Waals surface area contributed by atoms with E-state index in [1.165, 1.54) is 11.8 Å². The van der Waals surface area contributed by atoms with Crippen LogP contribution in [0.3, 0.4) is 0 Å².